The summed E-state index contributed by atoms with van der Waals surface area (Å²) >= 11 is 0. The fourth-order valence-electron chi connectivity index (χ4n) is 4.22. The maximum atomic E-state index is 4.71. The summed E-state index contributed by atoms with van der Waals surface area (Å²) in [6.07, 6.45) is 3.73. The minimum atomic E-state index is 0. The van der Waals surface area contributed by atoms with Gasteiger partial charge in [-0.15, -0.1) is 71.3 Å². The van der Waals surface area contributed by atoms with Gasteiger partial charge in [-0.25, -0.2) is 0 Å². The molecule has 6 rings (SSSR count). The van der Waals surface area contributed by atoms with Crippen LogP contribution in [0, 0.1) is 12.1 Å². The molecule has 0 N–H and O–H groups in total. The third-order valence-corrected chi connectivity index (χ3v) is 6.43. The smallest absolute Gasteiger partial charge is 0.0751 e. The predicted molar refractivity (Wildman–Crippen MR) is 164 cm³/mol. The first kappa shape index (κ1) is 29.7. The van der Waals surface area contributed by atoms with Gasteiger partial charge in [0.2, 0.25) is 0 Å². The van der Waals surface area contributed by atoms with Crippen LogP contribution in [0.15, 0.2) is 134 Å². The van der Waals surface area contributed by atoms with Crippen LogP contribution in [0.2, 0.25) is 0 Å². The minimum Gasteiger partial charge on any atom is -0.304 e. The molecular weight excluding hydrogens is 679 g/mol. The molecule has 1 radical (unpaired) electrons. The second-order valence-electron chi connectivity index (χ2n) is 10.4. The summed E-state index contributed by atoms with van der Waals surface area (Å²) in [6, 6.07) is 47.1. The van der Waals surface area contributed by atoms with Crippen LogP contribution in [-0.2, 0) is 25.5 Å². The van der Waals surface area contributed by atoms with Crippen molar-refractivity contribution < 1.29 is 20.1 Å². The molecule has 4 aromatic carbocycles. The van der Waals surface area contributed by atoms with E-state index < -0.39 is 0 Å². The van der Waals surface area contributed by atoms with Crippen molar-refractivity contribution in [3.63, 3.8) is 0 Å². The largest absolute Gasteiger partial charge is 0.304 e. The Morgan fingerprint density at radius 1 is 0.561 bits per heavy atom. The number of nitrogens with zero attached hydrogens (tertiary/aromatic N) is 3. The molecule has 4 heteroatoms. The van der Waals surface area contributed by atoms with E-state index in [0.29, 0.717) is 0 Å². The van der Waals surface area contributed by atoms with E-state index in [2.05, 4.69) is 85.3 Å². The zero-order valence-electron chi connectivity index (χ0n) is 23.4. The maximum absolute atomic E-state index is 4.71. The molecule has 0 saturated carbocycles. The van der Waals surface area contributed by atoms with Crippen LogP contribution in [0.1, 0.15) is 26.5 Å². The Hall–Kier alpha value is -4.24. The molecule has 2 heterocycles. The summed E-state index contributed by atoms with van der Waals surface area (Å²) in [5, 5.41) is 0. The van der Waals surface area contributed by atoms with Gasteiger partial charge in [0.1, 0.15) is 0 Å². The van der Waals surface area contributed by atoms with Gasteiger partial charge < -0.3 is 4.98 Å². The Balaban J connectivity index is 0.000000188. The van der Waals surface area contributed by atoms with E-state index in [-0.39, 0.29) is 25.5 Å². The second kappa shape index (κ2) is 13.9. The fraction of sp³-hybridized carbons (Fsp3) is 0.108. The normalized spacial score (nSPS) is 10.6. The molecule has 0 atom stereocenters. The van der Waals surface area contributed by atoms with E-state index in [4.69, 9.17) is 4.98 Å². The van der Waals surface area contributed by atoms with Crippen LogP contribution in [0.4, 0.5) is 0 Å². The molecule has 0 amide bonds. The molecule has 3 nitrogen and oxygen atoms in total. The standard InChI is InChI=1S/C20H19N2.C17H12N.Ir/c1-20(2,3)18-12-13-21-19(22-18)17-11-7-10-16(14-17)15-8-5-4-6-9-15;1-3-7-14(8-4-1)16-11-12-17(18-13-16)15-9-5-2-6-10-15;/h4-10,12-14H,1-3H3;1-9,11-13H;/q2*-1;. The molecule has 0 saturated heterocycles. The van der Waals surface area contributed by atoms with Crippen molar-refractivity contribution in [1.82, 2.24) is 15.0 Å². The number of rotatable bonds is 4. The first-order chi connectivity index (χ1) is 19.5. The molecule has 41 heavy (non-hydrogen) atoms. The minimum absolute atomic E-state index is 0. The number of aromatic nitrogens is 3. The summed E-state index contributed by atoms with van der Waals surface area (Å²) in [5.74, 6) is 0.727. The second-order valence-corrected chi connectivity index (χ2v) is 10.4. The summed E-state index contributed by atoms with van der Waals surface area (Å²) in [6.45, 7) is 6.47. The van der Waals surface area contributed by atoms with Crippen LogP contribution in [0.3, 0.4) is 0 Å². The topological polar surface area (TPSA) is 38.7 Å². The van der Waals surface area contributed by atoms with Crippen molar-refractivity contribution in [2.24, 2.45) is 0 Å². The van der Waals surface area contributed by atoms with Gasteiger partial charge in [0.25, 0.3) is 0 Å². The maximum Gasteiger partial charge on any atom is 0.0751 e. The number of hydrogen-bond donors (Lipinski definition) is 0. The molecule has 0 bridgehead atoms. The van der Waals surface area contributed by atoms with E-state index >= 15 is 0 Å². The van der Waals surface area contributed by atoms with Gasteiger partial charge in [0.05, 0.1) is 5.82 Å². The molecule has 0 spiro atoms. The molecule has 0 aliphatic rings. The first-order valence-corrected chi connectivity index (χ1v) is 13.4. The molecule has 0 unspecified atom stereocenters. The predicted octanol–water partition coefficient (Wildman–Crippen LogP) is 9.12. The Labute approximate surface area is 256 Å². The monoisotopic (exact) mass is 710 g/mol. The zero-order chi connectivity index (χ0) is 27.8. The molecule has 0 aliphatic carbocycles. The van der Waals surface area contributed by atoms with E-state index in [0.717, 1.165) is 39.5 Å². The van der Waals surface area contributed by atoms with Crippen molar-refractivity contribution in [1.29, 1.82) is 0 Å². The summed E-state index contributed by atoms with van der Waals surface area (Å²) in [4.78, 5) is 13.6. The van der Waals surface area contributed by atoms with E-state index in [1.807, 2.05) is 91.3 Å². The third-order valence-electron chi connectivity index (χ3n) is 6.43. The van der Waals surface area contributed by atoms with Crippen molar-refractivity contribution in [3.8, 4) is 44.9 Å². The van der Waals surface area contributed by atoms with Gasteiger partial charge >= 0.3 is 0 Å². The SMILES string of the molecule is CC(C)(C)c1ccnc(-c2[c-]ccc(-c3ccccc3)c2)n1.[Ir].[c-]1ccccc1-c1ccc(-c2ccccc2)cn1. The van der Waals surface area contributed by atoms with Gasteiger partial charge in [0, 0.05) is 43.6 Å². The Morgan fingerprint density at radius 3 is 1.83 bits per heavy atom. The molecule has 0 fully saturated rings. The number of benzene rings is 4. The van der Waals surface area contributed by atoms with Crippen molar-refractivity contribution in [3.05, 3.63) is 152 Å². The molecule has 6 aromatic rings. The summed E-state index contributed by atoms with van der Waals surface area (Å²) in [5.41, 5.74) is 8.61. The van der Waals surface area contributed by atoms with E-state index in [1.54, 1.807) is 0 Å². The van der Waals surface area contributed by atoms with Crippen LogP contribution in [0.5, 0.6) is 0 Å². The number of hydrogen-bond acceptors (Lipinski definition) is 3. The Kier molecular flexibility index (Phi) is 10.1. The van der Waals surface area contributed by atoms with Crippen molar-refractivity contribution in [2.75, 3.05) is 0 Å². The summed E-state index contributed by atoms with van der Waals surface area (Å²) in [7, 11) is 0. The Bertz CT molecular complexity index is 1590. The number of pyridine rings is 1. The zero-order valence-corrected chi connectivity index (χ0v) is 25.8. The van der Waals surface area contributed by atoms with Crippen molar-refractivity contribution in [2.45, 2.75) is 26.2 Å². The van der Waals surface area contributed by atoms with Crippen LogP contribution in [0.25, 0.3) is 44.9 Å². The van der Waals surface area contributed by atoms with Gasteiger partial charge in [-0.3, -0.25) is 9.97 Å². The van der Waals surface area contributed by atoms with Crippen LogP contribution >= 0.6 is 0 Å². The van der Waals surface area contributed by atoms with Crippen LogP contribution in [-0.4, -0.2) is 15.0 Å². The van der Waals surface area contributed by atoms with Gasteiger partial charge in [-0.2, -0.15) is 0 Å². The van der Waals surface area contributed by atoms with Crippen LogP contribution < -0.4 is 0 Å². The first-order valence-electron chi connectivity index (χ1n) is 13.4. The Morgan fingerprint density at radius 2 is 1.22 bits per heavy atom. The molecular formula is C37H31IrN3-2. The quantitative estimate of drug-likeness (QED) is 0.172. The summed E-state index contributed by atoms with van der Waals surface area (Å²) < 4.78 is 0. The fourth-order valence-corrected chi connectivity index (χ4v) is 4.22. The average molecular weight is 710 g/mol. The van der Waals surface area contributed by atoms with E-state index in [9.17, 15) is 0 Å². The van der Waals surface area contributed by atoms with Gasteiger partial charge in [0.15, 0.2) is 0 Å². The molecule has 0 aliphatic heterocycles. The molecule has 205 valence electrons. The average Bonchev–Trinajstić information content (AvgIpc) is 3.02. The van der Waals surface area contributed by atoms with Crippen molar-refractivity contribution >= 4 is 0 Å². The van der Waals surface area contributed by atoms with Gasteiger partial charge in [-0.1, -0.05) is 93.6 Å². The molecule has 2 aromatic heterocycles. The van der Waals surface area contributed by atoms with Gasteiger partial charge in [-0.05, 0) is 28.5 Å². The van der Waals surface area contributed by atoms with E-state index in [1.165, 1.54) is 11.1 Å². The third kappa shape index (κ3) is 7.91.